The van der Waals surface area contributed by atoms with Gasteiger partial charge in [0.2, 0.25) is 0 Å². The first-order valence-electron chi connectivity index (χ1n) is 12.1. The zero-order chi connectivity index (χ0) is 29.0. The fourth-order valence-corrected chi connectivity index (χ4v) is 4.57. The second-order valence-corrected chi connectivity index (χ2v) is 12.3. The van der Waals surface area contributed by atoms with E-state index in [1.807, 2.05) is 0 Å². The molecule has 0 unspecified atom stereocenters. The lowest BCUT2D eigenvalue weighted by atomic mass is 10.1. The number of hydrogen-bond donors (Lipinski definition) is 2. The van der Waals surface area contributed by atoms with E-state index in [-0.39, 0.29) is 23.0 Å². The Kier molecular flexibility index (Phi) is 9.34. The molecule has 0 aliphatic rings. The minimum atomic E-state index is -0.665. The van der Waals surface area contributed by atoms with Crippen molar-refractivity contribution in [1.29, 1.82) is 0 Å². The summed E-state index contributed by atoms with van der Waals surface area (Å²) in [6.07, 6.45) is -0.663. The van der Waals surface area contributed by atoms with E-state index in [0.29, 0.717) is 27.4 Å². The number of thiazole rings is 1. The lowest BCUT2D eigenvalue weighted by Gasteiger charge is -2.20. The quantitative estimate of drug-likeness (QED) is 0.301. The Bertz CT molecular complexity index is 1380. The molecule has 0 bridgehead atoms. The Labute approximate surface area is 235 Å². The van der Waals surface area contributed by atoms with E-state index < -0.39 is 35.0 Å². The molecule has 0 saturated heterocycles. The first-order valence-corrected chi connectivity index (χ1v) is 13.3. The predicted molar refractivity (Wildman–Crippen MR) is 150 cm³/mol. The van der Waals surface area contributed by atoms with E-state index in [0.717, 1.165) is 11.3 Å². The van der Waals surface area contributed by atoms with Gasteiger partial charge in [-0.05, 0) is 76.9 Å². The maximum Gasteiger partial charge on any atom is 0.407 e. The second kappa shape index (κ2) is 12.1. The number of alkyl carbamates (subject to hydrolysis) is 1. The topological polar surface area (TPSA) is 107 Å². The van der Waals surface area contributed by atoms with E-state index in [9.17, 15) is 18.8 Å². The molecular weight excluding hydrogens is 545 g/mol. The number of ether oxygens (including phenoxy) is 2. The molecule has 0 saturated carbocycles. The fourth-order valence-electron chi connectivity index (χ4n) is 3.44. The van der Waals surface area contributed by atoms with Crippen LogP contribution in [0.1, 0.15) is 63.2 Å². The van der Waals surface area contributed by atoms with Crippen LogP contribution in [-0.2, 0) is 27.2 Å². The van der Waals surface area contributed by atoms with Crippen molar-refractivity contribution >= 4 is 46.6 Å². The number of carbonyl (C=O) groups excluding carboxylic acids is 3. The third kappa shape index (κ3) is 9.33. The van der Waals surface area contributed by atoms with Gasteiger partial charge in [0, 0.05) is 17.8 Å². The normalized spacial score (nSPS) is 11.6. The molecule has 8 nitrogen and oxygen atoms in total. The van der Waals surface area contributed by atoms with Crippen molar-refractivity contribution in [3.63, 3.8) is 0 Å². The number of para-hydroxylation sites is 1. The van der Waals surface area contributed by atoms with Gasteiger partial charge in [-0.15, -0.1) is 11.3 Å². The minimum absolute atomic E-state index is 0.0283. The Balaban J connectivity index is 1.76. The van der Waals surface area contributed by atoms with Gasteiger partial charge in [0.1, 0.15) is 26.4 Å². The summed E-state index contributed by atoms with van der Waals surface area (Å²) in [6.45, 7) is 10.6. The third-order valence-electron chi connectivity index (χ3n) is 4.86. The number of halogens is 2. The molecular formula is C28H31ClFN3O5S. The number of carbonyl (C=O) groups is 3. The van der Waals surface area contributed by atoms with Crippen molar-refractivity contribution in [1.82, 2.24) is 10.3 Å². The van der Waals surface area contributed by atoms with Crippen molar-refractivity contribution < 1.29 is 28.2 Å². The van der Waals surface area contributed by atoms with Crippen LogP contribution < -0.4 is 10.6 Å². The van der Waals surface area contributed by atoms with Crippen LogP contribution in [-0.4, -0.2) is 34.2 Å². The van der Waals surface area contributed by atoms with Crippen LogP contribution in [0.25, 0.3) is 10.6 Å². The van der Waals surface area contributed by atoms with E-state index in [2.05, 4.69) is 15.6 Å². The van der Waals surface area contributed by atoms with Gasteiger partial charge in [0.25, 0.3) is 5.91 Å². The summed E-state index contributed by atoms with van der Waals surface area (Å²) in [5, 5.41) is 5.66. The monoisotopic (exact) mass is 575 g/mol. The number of amides is 2. The van der Waals surface area contributed by atoms with Crippen LogP contribution in [0.5, 0.6) is 0 Å². The molecule has 0 spiro atoms. The summed E-state index contributed by atoms with van der Waals surface area (Å²) < 4.78 is 25.1. The first-order chi connectivity index (χ1) is 18.1. The van der Waals surface area contributed by atoms with Gasteiger partial charge in [0.15, 0.2) is 5.69 Å². The third-order valence-corrected chi connectivity index (χ3v) is 6.16. The Morgan fingerprint density at radius 1 is 1.00 bits per heavy atom. The smallest absolute Gasteiger partial charge is 0.407 e. The van der Waals surface area contributed by atoms with Crippen LogP contribution in [0.3, 0.4) is 0 Å². The van der Waals surface area contributed by atoms with Crippen LogP contribution in [0, 0.1) is 5.82 Å². The van der Waals surface area contributed by atoms with Gasteiger partial charge in [-0.2, -0.15) is 0 Å². The standard InChI is InChI=1S/C28H31ClFN3O5S/c1-27(2,3)37-21(34)14-17-9-7-8-10-20(17)32-24(35)22-23(29)39-25(33-22)18-11-16(12-19(30)13-18)15-31-26(36)38-28(4,5)6/h7-13H,14-15H2,1-6H3,(H,31,36)(H,32,35). The molecule has 2 aromatic carbocycles. The first kappa shape index (κ1) is 30.0. The van der Waals surface area contributed by atoms with Gasteiger partial charge in [-0.25, -0.2) is 14.2 Å². The lowest BCUT2D eigenvalue weighted by molar-refractivity contribution is -0.153. The molecule has 1 heterocycles. The molecule has 39 heavy (non-hydrogen) atoms. The largest absolute Gasteiger partial charge is 0.460 e. The second-order valence-electron chi connectivity index (χ2n) is 10.7. The summed E-state index contributed by atoms with van der Waals surface area (Å²) >= 11 is 7.37. The molecule has 11 heteroatoms. The summed E-state index contributed by atoms with van der Waals surface area (Å²) in [7, 11) is 0. The molecule has 2 amide bonds. The van der Waals surface area contributed by atoms with E-state index in [1.54, 1.807) is 71.9 Å². The Morgan fingerprint density at radius 3 is 2.33 bits per heavy atom. The molecule has 208 valence electrons. The molecule has 0 radical (unpaired) electrons. The van der Waals surface area contributed by atoms with Crippen LogP contribution in [0.4, 0.5) is 14.9 Å². The van der Waals surface area contributed by atoms with Crippen LogP contribution in [0.15, 0.2) is 42.5 Å². The van der Waals surface area contributed by atoms with Gasteiger partial charge in [0.05, 0.1) is 6.42 Å². The van der Waals surface area contributed by atoms with Crippen molar-refractivity contribution in [3.8, 4) is 10.6 Å². The minimum Gasteiger partial charge on any atom is -0.460 e. The Morgan fingerprint density at radius 2 is 1.67 bits per heavy atom. The summed E-state index contributed by atoms with van der Waals surface area (Å²) in [5.74, 6) is -1.55. The van der Waals surface area contributed by atoms with E-state index >= 15 is 0 Å². The predicted octanol–water partition coefficient (Wildman–Crippen LogP) is 6.76. The van der Waals surface area contributed by atoms with Crippen molar-refractivity contribution in [2.24, 2.45) is 0 Å². The maximum absolute atomic E-state index is 14.4. The van der Waals surface area contributed by atoms with Crippen molar-refractivity contribution in [3.05, 3.63) is 69.4 Å². The highest BCUT2D eigenvalue weighted by atomic mass is 35.5. The van der Waals surface area contributed by atoms with E-state index in [4.69, 9.17) is 21.1 Å². The number of aromatic nitrogens is 1. The summed E-state index contributed by atoms with van der Waals surface area (Å²) in [5.41, 5.74) is 0.516. The van der Waals surface area contributed by atoms with Gasteiger partial charge in [-0.3, -0.25) is 9.59 Å². The molecule has 2 N–H and O–H groups in total. The average Bonchev–Trinajstić information content (AvgIpc) is 3.18. The van der Waals surface area contributed by atoms with Crippen molar-refractivity contribution in [2.75, 3.05) is 5.32 Å². The SMILES string of the molecule is CC(C)(C)OC(=O)Cc1ccccc1NC(=O)c1nc(-c2cc(F)cc(CNC(=O)OC(C)(C)C)c2)sc1Cl. The van der Waals surface area contributed by atoms with Gasteiger partial charge >= 0.3 is 12.1 Å². The number of nitrogens with one attached hydrogen (secondary N) is 2. The molecule has 0 atom stereocenters. The van der Waals surface area contributed by atoms with Crippen LogP contribution in [0.2, 0.25) is 4.34 Å². The molecule has 0 fully saturated rings. The van der Waals surface area contributed by atoms with Crippen LogP contribution >= 0.6 is 22.9 Å². The highest BCUT2D eigenvalue weighted by Gasteiger charge is 2.22. The van der Waals surface area contributed by atoms with Gasteiger partial charge < -0.3 is 20.1 Å². The zero-order valence-corrected chi connectivity index (χ0v) is 24.2. The number of esters is 1. The zero-order valence-electron chi connectivity index (χ0n) is 22.6. The highest BCUT2D eigenvalue weighted by molar-refractivity contribution is 7.19. The number of nitrogens with zero attached hydrogens (tertiary/aromatic N) is 1. The summed E-state index contributed by atoms with van der Waals surface area (Å²) in [6, 6.07) is 11.1. The van der Waals surface area contributed by atoms with Crippen molar-refractivity contribution in [2.45, 2.75) is 65.7 Å². The molecule has 1 aromatic heterocycles. The molecule has 0 aliphatic heterocycles. The number of benzene rings is 2. The lowest BCUT2D eigenvalue weighted by Crippen LogP contribution is -2.32. The summed E-state index contributed by atoms with van der Waals surface area (Å²) in [4.78, 5) is 41.7. The maximum atomic E-state index is 14.4. The number of anilines is 1. The highest BCUT2D eigenvalue weighted by Crippen LogP contribution is 2.33. The molecule has 0 aliphatic carbocycles. The number of rotatable bonds is 7. The molecule has 3 aromatic rings. The van der Waals surface area contributed by atoms with Gasteiger partial charge in [-0.1, -0.05) is 29.8 Å². The van der Waals surface area contributed by atoms with E-state index in [1.165, 1.54) is 12.1 Å². The fraction of sp³-hybridized carbons (Fsp3) is 0.357. The number of hydrogen-bond acceptors (Lipinski definition) is 7. The molecule has 3 rings (SSSR count). The average molecular weight is 576 g/mol. The Hall–Kier alpha value is -3.50.